The second-order valence-corrected chi connectivity index (χ2v) is 5.58. The number of hydrogen-bond donors (Lipinski definition) is 0. The molecule has 0 N–H and O–H groups in total. The van der Waals surface area contributed by atoms with Gasteiger partial charge in [0.2, 0.25) is 0 Å². The van der Waals surface area contributed by atoms with Gasteiger partial charge >= 0.3 is 0 Å². The summed E-state index contributed by atoms with van der Waals surface area (Å²) in [5.41, 5.74) is 0. The van der Waals surface area contributed by atoms with Crippen LogP contribution in [0, 0.1) is 11.8 Å². The zero-order chi connectivity index (χ0) is 10.6. The number of allylic oxidation sites excluding steroid dienone is 1. The van der Waals surface area contributed by atoms with Gasteiger partial charge in [-0.15, -0.1) is 6.58 Å². The first kappa shape index (κ1) is 11.7. The Hall–Kier alpha value is -0.350. The molecule has 3 nitrogen and oxygen atoms in total. The summed E-state index contributed by atoms with van der Waals surface area (Å²) in [6.45, 7) is 4.09. The average molecular weight is 218 g/mol. The van der Waals surface area contributed by atoms with Gasteiger partial charge in [0.15, 0.2) is 0 Å². The van der Waals surface area contributed by atoms with Gasteiger partial charge in [-0.05, 0) is 24.7 Å². The quantitative estimate of drug-likeness (QED) is 0.535. The number of hydrogen-bond acceptors (Lipinski definition) is 3. The van der Waals surface area contributed by atoms with E-state index in [1.54, 1.807) is 0 Å². The van der Waals surface area contributed by atoms with Crippen molar-refractivity contribution in [1.82, 2.24) is 0 Å². The Balaban J connectivity index is 2.45. The largest absolute Gasteiger partial charge is 0.270 e. The summed E-state index contributed by atoms with van der Waals surface area (Å²) >= 11 is 0. The van der Waals surface area contributed by atoms with Gasteiger partial charge in [0.1, 0.15) is 0 Å². The van der Waals surface area contributed by atoms with Gasteiger partial charge in [-0.2, -0.15) is 8.42 Å². The molecule has 0 saturated heterocycles. The average Bonchev–Trinajstić information content (AvgIpc) is 2.14. The van der Waals surface area contributed by atoms with Crippen LogP contribution < -0.4 is 0 Å². The summed E-state index contributed by atoms with van der Waals surface area (Å²) in [4.78, 5) is 0. The van der Waals surface area contributed by atoms with E-state index in [1.165, 1.54) is 12.8 Å². The Morgan fingerprint density at radius 1 is 1.43 bits per heavy atom. The van der Waals surface area contributed by atoms with Crippen molar-refractivity contribution in [2.75, 3.05) is 12.9 Å². The van der Waals surface area contributed by atoms with E-state index < -0.39 is 10.1 Å². The van der Waals surface area contributed by atoms with Crippen molar-refractivity contribution < 1.29 is 12.6 Å². The highest BCUT2D eigenvalue weighted by Crippen LogP contribution is 2.31. The third kappa shape index (κ3) is 3.80. The van der Waals surface area contributed by atoms with E-state index in [4.69, 9.17) is 4.18 Å². The maximum Gasteiger partial charge on any atom is 0.264 e. The van der Waals surface area contributed by atoms with Crippen LogP contribution in [0.4, 0.5) is 0 Å². The summed E-state index contributed by atoms with van der Waals surface area (Å²) in [6, 6.07) is 0. The molecule has 0 unspecified atom stereocenters. The van der Waals surface area contributed by atoms with E-state index >= 15 is 0 Å². The molecule has 1 saturated carbocycles. The highest BCUT2D eigenvalue weighted by atomic mass is 32.2. The highest BCUT2D eigenvalue weighted by Gasteiger charge is 2.23. The Morgan fingerprint density at radius 2 is 2.07 bits per heavy atom. The molecular formula is C10H18O3S. The maximum atomic E-state index is 10.8. The standard InChI is InChI=1S/C10H18O3S/c1-3-9-6-4-5-7-10(9)8-13-14(2,11)12/h3,9-10H,1,4-8H2,2H3/t9-,10+/m1/s1. The van der Waals surface area contributed by atoms with Gasteiger partial charge in [0, 0.05) is 0 Å². The molecule has 1 aliphatic rings. The highest BCUT2D eigenvalue weighted by molar-refractivity contribution is 7.85. The summed E-state index contributed by atoms with van der Waals surface area (Å²) in [7, 11) is -3.29. The Bertz CT molecular complexity index is 282. The molecule has 1 rings (SSSR count). The minimum Gasteiger partial charge on any atom is -0.270 e. The molecule has 0 aromatic rings. The fraction of sp³-hybridized carbons (Fsp3) is 0.800. The lowest BCUT2D eigenvalue weighted by Gasteiger charge is -2.28. The molecule has 0 amide bonds. The second kappa shape index (κ2) is 4.94. The molecule has 1 aliphatic carbocycles. The van der Waals surface area contributed by atoms with E-state index in [1.807, 2.05) is 6.08 Å². The van der Waals surface area contributed by atoms with Crippen molar-refractivity contribution in [2.45, 2.75) is 25.7 Å². The molecule has 4 heteroatoms. The fourth-order valence-corrected chi connectivity index (χ4v) is 2.39. The Morgan fingerprint density at radius 3 is 2.64 bits per heavy atom. The predicted molar refractivity (Wildman–Crippen MR) is 56.4 cm³/mol. The molecular weight excluding hydrogens is 200 g/mol. The van der Waals surface area contributed by atoms with Crippen LogP contribution in [0.2, 0.25) is 0 Å². The van der Waals surface area contributed by atoms with Crippen molar-refractivity contribution in [1.29, 1.82) is 0 Å². The maximum absolute atomic E-state index is 10.8. The smallest absolute Gasteiger partial charge is 0.264 e. The van der Waals surface area contributed by atoms with Crippen molar-refractivity contribution in [3.8, 4) is 0 Å². The summed E-state index contributed by atoms with van der Waals surface area (Å²) in [5, 5.41) is 0. The molecule has 0 aromatic carbocycles. The molecule has 82 valence electrons. The van der Waals surface area contributed by atoms with Gasteiger partial charge in [-0.25, -0.2) is 0 Å². The van der Waals surface area contributed by atoms with Crippen molar-refractivity contribution >= 4 is 10.1 Å². The van der Waals surface area contributed by atoms with Crippen LogP contribution >= 0.6 is 0 Å². The second-order valence-electron chi connectivity index (χ2n) is 3.93. The summed E-state index contributed by atoms with van der Waals surface area (Å²) in [5.74, 6) is 0.751. The third-order valence-corrected chi connectivity index (χ3v) is 3.33. The Labute approximate surface area is 86.3 Å². The normalized spacial score (nSPS) is 28.6. The molecule has 0 bridgehead atoms. The van der Waals surface area contributed by atoms with Gasteiger partial charge in [0.05, 0.1) is 12.9 Å². The molecule has 0 aromatic heterocycles. The first-order chi connectivity index (χ1) is 6.53. The molecule has 1 fully saturated rings. The minimum absolute atomic E-state index is 0.315. The molecule has 0 heterocycles. The van der Waals surface area contributed by atoms with Gasteiger partial charge in [-0.1, -0.05) is 18.9 Å². The molecule has 2 atom stereocenters. The van der Waals surface area contributed by atoms with Crippen LogP contribution in [-0.2, 0) is 14.3 Å². The lowest BCUT2D eigenvalue weighted by molar-refractivity contribution is 0.179. The van der Waals surface area contributed by atoms with Crippen LogP contribution in [0.1, 0.15) is 25.7 Å². The van der Waals surface area contributed by atoms with Gasteiger partial charge in [-0.3, -0.25) is 4.18 Å². The fourth-order valence-electron chi connectivity index (χ4n) is 1.96. The van der Waals surface area contributed by atoms with Gasteiger partial charge in [0.25, 0.3) is 10.1 Å². The van der Waals surface area contributed by atoms with Crippen LogP contribution in [-0.4, -0.2) is 21.3 Å². The lowest BCUT2D eigenvalue weighted by atomic mass is 9.80. The molecule has 0 aliphatic heterocycles. The van der Waals surface area contributed by atoms with E-state index in [0.29, 0.717) is 18.4 Å². The SMILES string of the molecule is C=C[C@@H]1CCCC[C@H]1COS(C)(=O)=O. The van der Waals surface area contributed by atoms with E-state index in [2.05, 4.69) is 6.58 Å². The topological polar surface area (TPSA) is 43.4 Å². The first-order valence-corrected chi connectivity index (χ1v) is 6.81. The molecule has 14 heavy (non-hydrogen) atoms. The monoisotopic (exact) mass is 218 g/mol. The van der Waals surface area contributed by atoms with E-state index in [-0.39, 0.29) is 0 Å². The van der Waals surface area contributed by atoms with Crippen LogP contribution in [0.3, 0.4) is 0 Å². The molecule has 0 radical (unpaired) electrons. The zero-order valence-corrected chi connectivity index (χ0v) is 9.42. The van der Waals surface area contributed by atoms with Crippen LogP contribution in [0.25, 0.3) is 0 Å². The Kier molecular flexibility index (Phi) is 4.13. The summed E-state index contributed by atoms with van der Waals surface area (Å²) < 4.78 is 26.5. The van der Waals surface area contributed by atoms with Crippen molar-refractivity contribution in [3.63, 3.8) is 0 Å². The van der Waals surface area contributed by atoms with Crippen molar-refractivity contribution in [3.05, 3.63) is 12.7 Å². The first-order valence-electron chi connectivity index (χ1n) is 5.00. The molecule has 0 spiro atoms. The minimum atomic E-state index is -3.29. The van der Waals surface area contributed by atoms with Crippen LogP contribution in [0.15, 0.2) is 12.7 Å². The van der Waals surface area contributed by atoms with E-state index in [0.717, 1.165) is 19.1 Å². The number of rotatable bonds is 4. The summed E-state index contributed by atoms with van der Waals surface area (Å²) in [6.07, 6.45) is 7.57. The van der Waals surface area contributed by atoms with Crippen molar-refractivity contribution in [2.24, 2.45) is 11.8 Å². The van der Waals surface area contributed by atoms with E-state index in [9.17, 15) is 8.42 Å². The van der Waals surface area contributed by atoms with Crippen LogP contribution in [0.5, 0.6) is 0 Å². The zero-order valence-electron chi connectivity index (χ0n) is 8.61. The van der Waals surface area contributed by atoms with Gasteiger partial charge < -0.3 is 0 Å². The lowest BCUT2D eigenvalue weighted by Crippen LogP contribution is -2.23. The predicted octanol–water partition coefficient (Wildman–Crippen LogP) is 1.96. The third-order valence-electron chi connectivity index (χ3n) is 2.77.